The van der Waals surface area contributed by atoms with Crippen molar-refractivity contribution in [2.75, 3.05) is 26.2 Å². The van der Waals surface area contributed by atoms with E-state index in [1.54, 1.807) is 0 Å². The van der Waals surface area contributed by atoms with Crippen molar-refractivity contribution in [2.45, 2.75) is 149 Å². The Kier molecular flexibility index (Phi) is 20.5. The van der Waals surface area contributed by atoms with Crippen LogP contribution < -0.4 is 0 Å². The van der Waals surface area contributed by atoms with E-state index in [1.807, 2.05) is 0 Å². The second-order valence-corrected chi connectivity index (χ2v) is 10.3. The fourth-order valence-electron chi connectivity index (χ4n) is 5.06. The van der Waals surface area contributed by atoms with E-state index in [9.17, 15) is 4.79 Å². The molecule has 0 aromatic heterocycles. The monoisotopic (exact) mass is 451 g/mol. The molecule has 1 fully saturated rings. The van der Waals surface area contributed by atoms with Gasteiger partial charge in [0.25, 0.3) is 0 Å². The first-order valence-electron chi connectivity index (χ1n) is 14.6. The predicted octanol–water partition coefficient (Wildman–Crippen LogP) is 8.69. The zero-order valence-corrected chi connectivity index (χ0v) is 22.0. The van der Waals surface area contributed by atoms with Crippen molar-refractivity contribution in [1.29, 1.82) is 0 Å². The average molecular weight is 452 g/mol. The molecule has 1 aliphatic rings. The zero-order valence-electron chi connectivity index (χ0n) is 22.0. The minimum Gasteiger partial charge on any atom is -0.466 e. The number of unbranched alkanes of at least 4 members (excludes halogenated alkanes) is 12. The first kappa shape index (κ1) is 29.5. The molecule has 3 heteroatoms. The third-order valence-electron chi connectivity index (χ3n) is 7.27. The highest BCUT2D eigenvalue weighted by Gasteiger charge is 2.11. The van der Waals surface area contributed by atoms with Crippen molar-refractivity contribution in [3.8, 4) is 0 Å². The number of carbonyl (C=O) groups is 1. The van der Waals surface area contributed by atoms with E-state index in [2.05, 4.69) is 18.7 Å². The zero-order chi connectivity index (χ0) is 23.1. The van der Waals surface area contributed by atoms with Gasteiger partial charge in [-0.2, -0.15) is 0 Å². The molecular formula is C29H57NO2. The molecule has 0 aliphatic carbocycles. The Hall–Kier alpha value is -0.570. The molecule has 0 N–H and O–H groups in total. The predicted molar refractivity (Wildman–Crippen MR) is 139 cm³/mol. The SMILES string of the molecule is CCCCCC(CCCCC)CCOC(=O)CCCCCCCCCCCN1CCCC1. The fraction of sp³-hybridized carbons (Fsp3) is 0.966. The minimum atomic E-state index is 0.0314. The number of likely N-dealkylation sites (tertiary alicyclic amines) is 1. The second kappa shape index (κ2) is 22.2. The van der Waals surface area contributed by atoms with Crippen LogP contribution in [0.3, 0.4) is 0 Å². The average Bonchev–Trinajstić information content (AvgIpc) is 3.31. The van der Waals surface area contributed by atoms with Gasteiger partial charge < -0.3 is 9.64 Å². The van der Waals surface area contributed by atoms with Gasteiger partial charge in [-0.05, 0) is 57.7 Å². The molecule has 0 amide bonds. The van der Waals surface area contributed by atoms with Gasteiger partial charge in [-0.25, -0.2) is 0 Å². The molecule has 0 aromatic rings. The molecule has 0 unspecified atom stereocenters. The molecule has 0 atom stereocenters. The van der Waals surface area contributed by atoms with Crippen LogP contribution in [-0.2, 0) is 9.53 Å². The van der Waals surface area contributed by atoms with Crippen LogP contribution in [0, 0.1) is 5.92 Å². The summed E-state index contributed by atoms with van der Waals surface area (Å²) in [5.41, 5.74) is 0. The molecule has 0 bridgehead atoms. The van der Waals surface area contributed by atoms with E-state index in [-0.39, 0.29) is 5.97 Å². The second-order valence-electron chi connectivity index (χ2n) is 10.3. The summed E-state index contributed by atoms with van der Waals surface area (Å²) in [6, 6.07) is 0. The third kappa shape index (κ3) is 17.9. The largest absolute Gasteiger partial charge is 0.466 e. The van der Waals surface area contributed by atoms with E-state index in [4.69, 9.17) is 4.74 Å². The van der Waals surface area contributed by atoms with Crippen LogP contribution in [0.25, 0.3) is 0 Å². The minimum absolute atomic E-state index is 0.0314. The molecule has 1 rings (SSSR count). The van der Waals surface area contributed by atoms with Gasteiger partial charge >= 0.3 is 5.97 Å². The van der Waals surface area contributed by atoms with E-state index >= 15 is 0 Å². The summed E-state index contributed by atoms with van der Waals surface area (Å²) < 4.78 is 5.56. The van der Waals surface area contributed by atoms with Gasteiger partial charge in [0, 0.05) is 6.42 Å². The molecule has 3 nitrogen and oxygen atoms in total. The summed E-state index contributed by atoms with van der Waals surface area (Å²) in [5.74, 6) is 0.782. The Morgan fingerprint density at radius 1 is 0.688 bits per heavy atom. The number of hydrogen-bond acceptors (Lipinski definition) is 3. The molecule has 1 saturated heterocycles. The van der Waals surface area contributed by atoms with E-state index < -0.39 is 0 Å². The number of hydrogen-bond donors (Lipinski definition) is 0. The van der Waals surface area contributed by atoms with Crippen LogP contribution in [-0.4, -0.2) is 37.1 Å². The van der Waals surface area contributed by atoms with Crippen molar-refractivity contribution in [3.05, 3.63) is 0 Å². The standard InChI is InChI=1S/C29H57NO2/c1-3-5-14-20-28(21-15-6-4-2)23-27-32-29(31)22-16-12-10-8-7-9-11-13-17-24-30-25-18-19-26-30/h28H,3-27H2,1-2H3. The van der Waals surface area contributed by atoms with Crippen LogP contribution in [0.4, 0.5) is 0 Å². The first-order chi connectivity index (χ1) is 15.8. The number of ether oxygens (including phenoxy) is 1. The van der Waals surface area contributed by atoms with Gasteiger partial charge in [0.2, 0.25) is 0 Å². The lowest BCUT2D eigenvalue weighted by molar-refractivity contribution is -0.144. The van der Waals surface area contributed by atoms with Crippen molar-refractivity contribution in [3.63, 3.8) is 0 Å². The maximum Gasteiger partial charge on any atom is 0.305 e. The molecule has 190 valence electrons. The Balaban J connectivity index is 1.88. The van der Waals surface area contributed by atoms with Crippen molar-refractivity contribution in [2.24, 2.45) is 5.92 Å². The van der Waals surface area contributed by atoms with Crippen LogP contribution in [0.5, 0.6) is 0 Å². The molecule has 0 radical (unpaired) electrons. The van der Waals surface area contributed by atoms with Crippen molar-refractivity contribution < 1.29 is 9.53 Å². The lowest BCUT2D eigenvalue weighted by atomic mass is 9.92. The number of nitrogens with zero attached hydrogens (tertiary/aromatic N) is 1. The molecule has 0 spiro atoms. The quantitative estimate of drug-likeness (QED) is 0.115. The summed E-state index contributed by atoms with van der Waals surface area (Å²) in [5, 5.41) is 0. The van der Waals surface area contributed by atoms with Gasteiger partial charge in [0.15, 0.2) is 0 Å². The highest BCUT2D eigenvalue weighted by atomic mass is 16.5. The van der Waals surface area contributed by atoms with Crippen LogP contribution in [0.2, 0.25) is 0 Å². The summed E-state index contributed by atoms with van der Waals surface area (Å²) in [4.78, 5) is 14.7. The lowest BCUT2D eigenvalue weighted by Gasteiger charge is -2.16. The summed E-state index contributed by atoms with van der Waals surface area (Å²) >= 11 is 0. The molecule has 1 heterocycles. The van der Waals surface area contributed by atoms with Gasteiger partial charge in [0.05, 0.1) is 6.61 Å². The Morgan fingerprint density at radius 2 is 1.22 bits per heavy atom. The smallest absolute Gasteiger partial charge is 0.305 e. The van der Waals surface area contributed by atoms with Crippen molar-refractivity contribution in [1.82, 2.24) is 4.90 Å². The maximum atomic E-state index is 12.1. The molecule has 1 aliphatic heterocycles. The lowest BCUT2D eigenvalue weighted by Crippen LogP contribution is -2.20. The summed E-state index contributed by atoms with van der Waals surface area (Å²) in [6.07, 6.45) is 26.8. The van der Waals surface area contributed by atoms with E-state index in [1.165, 1.54) is 135 Å². The fourth-order valence-corrected chi connectivity index (χ4v) is 5.06. The van der Waals surface area contributed by atoms with Gasteiger partial charge in [-0.15, -0.1) is 0 Å². The van der Waals surface area contributed by atoms with E-state index in [0.29, 0.717) is 13.0 Å². The summed E-state index contributed by atoms with van der Waals surface area (Å²) in [6.45, 7) is 9.18. The van der Waals surface area contributed by atoms with Crippen LogP contribution in [0.15, 0.2) is 0 Å². The topological polar surface area (TPSA) is 29.5 Å². The normalized spacial score (nSPS) is 14.5. The van der Waals surface area contributed by atoms with Crippen LogP contribution >= 0.6 is 0 Å². The van der Waals surface area contributed by atoms with Crippen molar-refractivity contribution >= 4 is 5.97 Å². The Bertz CT molecular complexity index is 396. The molecule has 32 heavy (non-hydrogen) atoms. The maximum absolute atomic E-state index is 12.1. The highest BCUT2D eigenvalue weighted by molar-refractivity contribution is 5.69. The number of esters is 1. The molecule has 0 aromatic carbocycles. The number of rotatable bonds is 23. The molecular weight excluding hydrogens is 394 g/mol. The van der Waals surface area contributed by atoms with Gasteiger partial charge in [-0.1, -0.05) is 110 Å². The number of carbonyl (C=O) groups excluding carboxylic acids is 1. The van der Waals surface area contributed by atoms with Gasteiger partial charge in [0.1, 0.15) is 0 Å². The van der Waals surface area contributed by atoms with E-state index in [0.717, 1.165) is 18.8 Å². The first-order valence-corrected chi connectivity index (χ1v) is 14.6. The Labute approximate surface area is 201 Å². The van der Waals surface area contributed by atoms with Gasteiger partial charge in [-0.3, -0.25) is 4.79 Å². The Morgan fingerprint density at radius 3 is 1.78 bits per heavy atom. The molecule has 0 saturated carbocycles. The van der Waals surface area contributed by atoms with Crippen LogP contribution in [0.1, 0.15) is 149 Å². The summed E-state index contributed by atoms with van der Waals surface area (Å²) in [7, 11) is 0. The third-order valence-corrected chi connectivity index (χ3v) is 7.27. The highest BCUT2D eigenvalue weighted by Crippen LogP contribution is 2.21.